The molecule has 0 atom stereocenters. The Kier molecular flexibility index (Phi) is 3.88. The molecule has 0 spiro atoms. The molecule has 0 aliphatic carbocycles. The molecule has 2 heterocycles. The van der Waals surface area contributed by atoms with E-state index in [-0.39, 0.29) is 0 Å². The second-order valence-electron chi connectivity index (χ2n) is 4.87. The van der Waals surface area contributed by atoms with E-state index in [1.807, 2.05) is 48.5 Å². The Bertz CT molecular complexity index is 932. The normalized spacial score (nSPS) is 11.2. The van der Waals surface area contributed by atoms with E-state index < -0.39 is 0 Å². The standard InChI is InChI=1S/C16H11BrN4OS/c17-11-5-3-4-10(8-11)15-20-14(21-22-15)9-23-16-18-12-6-1-2-7-13(12)19-16/h1-8H,9H2,(H,18,19). The minimum absolute atomic E-state index is 0.520. The summed E-state index contributed by atoms with van der Waals surface area (Å²) in [6, 6.07) is 15.7. The fraction of sp³-hybridized carbons (Fsp3) is 0.0625. The number of halogens is 1. The van der Waals surface area contributed by atoms with Gasteiger partial charge < -0.3 is 9.51 Å². The molecule has 0 aliphatic rings. The number of hydrogen-bond donors (Lipinski definition) is 1. The molecular weight excluding hydrogens is 376 g/mol. The molecule has 23 heavy (non-hydrogen) atoms. The van der Waals surface area contributed by atoms with Crippen LogP contribution in [0.1, 0.15) is 5.82 Å². The third-order valence-corrected chi connectivity index (χ3v) is 4.61. The predicted octanol–water partition coefficient (Wildman–Crippen LogP) is 4.67. The third kappa shape index (κ3) is 3.16. The molecule has 4 rings (SSSR count). The topological polar surface area (TPSA) is 67.6 Å². The van der Waals surface area contributed by atoms with Crippen LogP contribution in [0.15, 0.2) is 62.7 Å². The van der Waals surface area contributed by atoms with E-state index in [0.29, 0.717) is 17.5 Å². The Morgan fingerprint density at radius 2 is 2.00 bits per heavy atom. The van der Waals surface area contributed by atoms with Gasteiger partial charge in [0, 0.05) is 10.0 Å². The molecule has 5 nitrogen and oxygen atoms in total. The number of fused-ring (bicyclic) bond motifs is 1. The average molecular weight is 387 g/mol. The highest BCUT2D eigenvalue weighted by atomic mass is 79.9. The number of nitrogens with one attached hydrogen (secondary N) is 1. The van der Waals surface area contributed by atoms with Crippen molar-refractivity contribution in [2.45, 2.75) is 10.9 Å². The van der Waals surface area contributed by atoms with Crippen LogP contribution in [0.5, 0.6) is 0 Å². The Balaban J connectivity index is 1.49. The lowest BCUT2D eigenvalue weighted by molar-refractivity contribution is 0.425. The van der Waals surface area contributed by atoms with E-state index in [1.54, 1.807) is 11.8 Å². The van der Waals surface area contributed by atoms with E-state index in [2.05, 4.69) is 36.0 Å². The van der Waals surface area contributed by atoms with E-state index in [9.17, 15) is 0 Å². The summed E-state index contributed by atoms with van der Waals surface area (Å²) in [5.74, 6) is 1.76. The number of benzene rings is 2. The summed E-state index contributed by atoms with van der Waals surface area (Å²) in [6.07, 6.45) is 0. The SMILES string of the molecule is Brc1cccc(-c2nc(CSc3nc4ccccc4[nH]3)no2)c1. The van der Waals surface area contributed by atoms with Crippen molar-refractivity contribution >= 4 is 38.7 Å². The highest BCUT2D eigenvalue weighted by Crippen LogP contribution is 2.25. The summed E-state index contributed by atoms with van der Waals surface area (Å²) in [6.45, 7) is 0. The summed E-state index contributed by atoms with van der Waals surface area (Å²) in [5.41, 5.74) is 2.88. The Morgan fingerprint density at radius 3 is 2.87 bits per heavy atom. The van der Waals surface area contributed by atoms with E-state index in [0.717, 1.165) is 26.2 Å². The zero-order valence-electron chi connectivity index (χ0n) is 11.9. The number of thioether (sulfide) groups is 1. The monoisotopic (exact) mass is 386 g/mol. The first-order chi connectivity index (χ1) is 11.3. The number of aromatic nitrogens is 4. The van der Waals surface area contributed by atoms with Crippen molar-refractivity contribution in [2.24, 2.45) is 0 Å². The molecule has 114 valence electrons. The average Bonchev–Trinajstić information content (AvgIpc) is 3.19. The van der Waals surface area contributed by atoms with Crippen molar-refractivity contribution in [3.8, 4) is 11.5 Å². The van der Waals surface area contributed by atoms with Crippen LogP contribution in [0.4, 0.5) is 0 Å². The van der Waals surface area contributed by atoms with Gasteiger partial charge in [-0.1, -0.05) is 51.0 Å². The molecule has 0 amide bonds. The minimum Gasteiger partial charge on any atom is -0.334 e. The van der Waals surface area contributed by atoms with Crippen molar-refractivity contribution < 1.29 is 4.52 Å². The van der Waals surface area contributed by atoms with Crippen LogP contribution in [0.25, 0.3) is 22.5 Å². The predicted molar refractivity (Wildman–Crippen MR) is 93.1 cm³/mol. The van der Waals surface area contributed by atoms with Gasteiger partial charge in [-0.15, -0.1) is 0 Å². The van der Waals surface area contributed by atoms with Gasteiger partial charge >= 0.3 is 0 Å². The molecule has 0 saturated carbocycles. The number of H-pyrrole nitrogens is 1. The molecule has 0 aliphatic heterocycles. The van der Waals surface area contributed by atoms with Crippen molar-refractivity contribution in [3.05, 3.63) is 58.8 Å². The highest BCUT2D eigenvalue weighted by molar-refractivity contribution is 9.10. The zero-order valence-corrected chi connectivity index (χ0v) is 14.3. The van der Waals surface area contributed by atoms with Crippen LogP contribution in [-0.4, -0.2) is 20.1 Å². The highest BCUT2D eigenvalue weighted by Gasteiger charge is 2.10. The van der Waals surface area contributed by atoms with Crippen LogP contribution in [0, 0.1) is 0 Å². The largest absolute Gasteiger partial charge is 0.334 e. The molecule has 7 heteroatoms. The maximum Gasteiger partial charge on any atom is 0.257 e. The fourth-order valence-electron chi connectivity index (χ4n) is 2.18. The number of imidazole rings is 1. The Hall–Kier alpha value is -2.12. The van der Waals surface area contributed by atoms with Gasteiger partial charge in [0.2, 0.25) is 0 Å². The smallest absolute Gasteiger partial charge is 0.257 e. The summed E-state index contributed by atoms with van der Waals surface area (Å²) in [5, 5.41) is 4.87. The van der Waals surface area contributed by atoms with Crippen LogP contribution in [-0.2, 0) is 5.75 Å². The van der Waals surface area contributed by atoms with Crippen molar-refractivity contribution in [3.63, 3.8) is 0 Å². The molecule has 2 aromatic carbocycles. The molecule has 0 unspecified atom stereocenters. The van der Waals surface area contributed by atoms with E-state index in [4.69, 9.17) is 4.52 Å². The van der Waals surface area contributed by atoms with Gasteiger partial charge in [0.1, 0.15) is 0 Å². The summed E-state index contributed by atoms with van der Waals surface area (Å²) in [4.78, 5) is 12.2. The summed E-state index contributed by atoms with van der Waals surface area (Å²) in [7, 11) is 0. The molecule has 2 aromatic heterocycles. The first-order valence-corrected chi connectivity index (χ1v) is 8.72. The maximum absolute atomic E-state index is 5.33. The lowest BCUT2D eigenvalue weighted by atomic mass is 10.2. The van der Waals surface area contributed by atoms with Crippen molar-refractivity contribution in [2.75, 3.05) is 0 Å². The van der Waals surface area contributed by atoms with Gasteiger partial charge in [-0.25, -0.2) is 4.98 Å². The van der Waals surface area contributed by atoms with Gasteiger partial charge in [0.05, 0.1) is 16.8 Å². The quantitative estimate of drug-likeness (QED) is 0.516. The number of hydrogen-bond acceptors (Lipinski definition) is 5. The van der Waals surface area contributed by atoms with E-state index in [1.165, 1.54) is 0 Å². The van der Waals surface area contributed by atoms with Crippen LogP contribution in [0.2, 0.25) is 0 Å². The second kappa shape index (κ2) is 6.17. The first kappa shape index (κ1) is 14.5. The molecule has 0 fully saturated rings. The van der Waals surface area contributed by atoms with Crippen LogP contribution >= 0.6 is 27.7 Å². The molecular formula is C16H11BrN4OS. The van der Waals surface area contributed by atoms with E-state index >= 15 is 0 Å². The first-order valence-electron chi connectivity index (χ1n) is 6.94. The molecule has 0 radical (unpaired) electrons. The Labute approximate surface area is 144 Å². The second-order valence-corrected chi connectivity index (χ2v) is 6.75. The molecule has 0 saturated heterocycles. The van der Waals surface area contributed by atoms with Gasteiger partial charge in [0.25, 0.3) is 5.89 Å². The van der Waals surface area contributed by atoms with Gasteiger partial charge in [-0.3, -0.25) is 0 Å². The lowest BCUT2D eigenvalue weighted by Crippen LogP contribution is -1.85. The Morgan fingerprint density at radius 1 is 1.09 bits per heavy atom. The van der Waals surface area contributed by atoms with Crippen molar-refractivity contribution in [1.82, 2.24) is 20.1 Å². The number of para-hydroxylation sites is 2. The summed E-state index contributed by atoms with van der Waals surface area (Å²) >= 11 is 4.99. The molecule has 0 bridgehead atoms. The van der Waals surface area contributed by atoms with Gasteiger partial charge in [0.15, 0.2) is 11.0 Å². The van der Waals surface area contributed by atoms with Gasteiger partial charge in [-0.2, -0.15) is 4.98 Å². The zero-order chi connectivity index (χ0) is 15.6. The number of rotatable bonds is 4. The molecule has 1 N–H and O–H groups in total. The maximum atomic E-state index is 5.33. The van der Waals surface area contributed by atoms with Crippen molar-refractivity contribution in [1.29, 1.82) is 0 Å². The lowest BCUT2D eigenvalue weighted by Gasteiger charge is -1.94. The van der Waals surface area contributed by atoms with Crippen LogP contribution < -0.4 is 0 Å². The number of aromatic amines is 1. The fourth-order valence-corrected chi connectivity index (χ4v) is 3.31. The number of nitrogens with zero attached hydrogens (tertiary/aromatic N) is 3. The molecule has 4 aromatic rings. The minimum atomic E-state index is 0.520. The van der Waals surface area contributed by atoms with Gasteiger partial charge in [-0.05, 0) is 30.3 Å². The third-order valence-electron chi connectivity index (χ3n) is 3.25. The summed E-state index contributed by atoms with van der Waals surface area (Å²) < 4.78 is 6.31. The van der Waals surface area contributed by atoms with Crippen LogP contribution in [0.3, 0.4) is 0 Å².